The summed E-state index contributed by atoms with van der Waals surface area (Å²) < 4.78 is 24.6. The van der Waals surface area contributed by atoms with Crippen molar-refractivity contribution in [3.63, 3.8) is 0 Å². The zero-order chi connectivity index (χ0) is 10.6. The highest BCUT2D eigenvalue weighted by molar-refractivity contribution is 7.85. The molecule has 78 valence electrons. The maximum atomic E-state index is 12.8. The van der Waals surface area contributed by atoms with E-state index < -0.39 is 10.8 Å². The number of hydrogen-bond donors (Lipinski definition) is 1. The van der Waals surface area contributed by atoms with Crippen LogP contribution in [0.15, 0.2) is 29.2 Å². The van der Waals surface area contributed by atoms with Crippen molar-refractivity contribution in [2.75, 3.05) is 6.54 Å². The minimum absolute atomic E-state index is 0.0261. The van der Waals surface area contributed by atoms with E-state index in [2.05, 4.69) is 0 Å². The molecule has 0 amide bonds. The first kappa shape index (κ1) is 11.3. The van der Waals surface area contributed by atoms with Gasteiger partial charge in [0.2, 0.25) is 0 Å². The van der Waals surface area contributed by atoms with Gasteiger partial charge in [-0.3, -0.25) is 4.21 Å². The van der Waals surface area contributed by atoms with Crippen LogP contribution in [0.4, 0.5) is 4.39 Å². The van der Waals surface area contributed by atoms with Gasteiger partial charge in [0.15, 0.2) is 0 Å². The summed E-state index contributed by atoms with van der Waals surface area (Å²) in [7, 11) is -1.16. The van der Waals surface area contributed by atoms with Gasteiger partial charge >= 0.3 is 0 Å². The molecular weight excluding hydrogens is 201 g/mol. The molecule has 0 fully saturated rings. The quantitative estimate of drug-likeness (QED) is 0.830. The average Bonchev–Trinajstić information content (AvgIpc) is 2.17. The van der Waals surface area contributed by atoms with Crippen molar-refractivity contribution in [1.82, 2.24) is 0 Å². The van der Waals surface area contributed by atoms with Crippen molar-refractivity contribution >= 4 is 10.8 Å². The van der Waals surface area contributed by atoms with Crippen molar-refractivity contribution in [1.29, 1.82) is 0 Å². The van der Waals surface area contributed by atoms with Gasteiger partial charge in [0.1, 0.15) is 5.82 Å². The molecule has 0 heterocycles. The summed E-state index contributed by atoms with van der Waals surface area (Å²) in [6, 6.07) is 5.89. The number of halogens is 1. The van der Waals surface area contributed by atoms with E-state index in [0.29, 0.717) is 17.9 Å². The van der Waals surface area contributed by atoms with Gasteiger partial charge in [0.05, 0.1) is 10.8 Å². The molecule has 0 aliphatic heterocycles. The Kier molecular flexibility index (Phi) is 4.22. The lowest BCUT2D eigenvalue weighted by atomic mass is 10.3. The molecule has 1 aromatic carbocycles. The van der Waals surface area contributed by atoms with Gasteiger partial charge in [-0.2, -0.15) is 0 Å². The molecule has 1 rings (SSSR count). The minimum atomic E-state index is -1.16. The van der Waals surface area contributed by atoms with Crippen LogP contribution in [0.2, 0.25) is 0 Å². The summed E-state index contributed by atoms with van der Waals surface area (Å²) in [6.07, 6.45) is 0.684. The van der Waals surface area contributed by atoms with E-state index in [0.717, 1.165) is 0 Å². The predicted molar refractivity (Wildman–Crippen MR) is 55.9 cm³/mol. The maximum absolute atomic E-state index is 12.8. The van der Waals surface area contributed by atoms with Crippen LogP contribution in [0.3, 0.4) is 0 Å². The van der Waals surface area contributed by atoms with Crippen LogP contribution in [0.25, 0.3) is 0 Å². The Bertz CT molecular complexity index is 330. The minimum Gasteiger partial charge on any atom is -0.330 e. The molecule has 2 unspecified atom stereocenters. The topological polar surface area (TPSA) is 43.1 Å². The van der Waals surface area contributed by atoms with Gasteiger partial charge in [-0.15, -0.1) is 0 Å². The first-order valence-electron chi connectivity index (χ1n) is 4.51. The van der Waals surface area contributed by atoms with Crippen molar-refractivity contribution in [2.24, 2.45) is 5.73 Å². The van der Waals surface area contributed by atoms with Crippen LogP contribution in [0.5, 0.6) is 0 Å². The van der Waals surface area contributed by atoms with Crippen molar-refractivity contribution < 1.29 is 8.60 Å². The van der Waals surface area contributed by atoms with Crippen molar-refractivity contribution in [2.45, 2.75) is 23.5 Å². The molecule has 4 heteroatoms. The summed E-state index contributed by atoms with van der Waals surface area (Å²) in [5, 5.41) is -0.0261. The van der Waals surface area contributed by atoms with E-state index >= 15 is 0 Å². The highest BCUT2D eigenvalue weighted by Crippen LogP contribution is 2.14. The molecule has 2 nitrogen and oxygen atoms in total. The summed E-state index contributed by atoms with van der Waals surface area (Å²) in [6.45, 7) is 2.36. The predicted octanol–water partition coefficient (Wildman–Crippen LogP) is 1.67. The van der Waals surface area contributed by atoms with Gasteiger partial charge in [-0.05, 0) is 31.2 Å². The number of benzene rings is 1. The Morgan fingerprint density at radius 1 is 1.57 bits per heavy atom. The molecular formula is C10H14FNOS. The standard InChI is InChI=1S/C10H14FNOS/c1-8(5-6-12)14(13)10-4-2-3-9(11)7-10/h2-4,7-8H,5-6,12H2,1H3. The maximum Gasteiger partial charge on any atom is 0.124 e. The Morgan fingerprint density at radius 2 is 2.29 bits per heavy atom. The highest BCUT2D eigenvalue weighted by atomic mass is 32.2. The van der Waals surface area contributed by atoms with Crippen LogP contribution >= 0.6 is 0 Å². The molecule has 0 saturated heterocycles. The number of hydrogen-bond acceptors (Lipinski definition) is 2. The molecule has 0 aliphatic rings. The number of nitrogens with two attached hydrogens (primary N) is 1. The second-order valence-electron chi connectivity index (χ2n) is 3.14. The Balaban J connectivity index is 2.78. The molecule has 2 N–H and O–H groups in total. The van der Waals surface area contributed by atoms with Gasteiger partial charge in [-0.1, -0.05) is 13.0 Å². The lowest BCUT2D eigenvalue weighted by Crippen LogP contribution is -2.16. The van der Waals surface area contributed by atoms with Gasteiger partial charge in [0, 0.05) is 10.1 Å². The lowest BCUT2D eigenvalue weighted by molar-refractivity contribution is 0.621. The van der Waals surface area contributed by atoms with E-state index in [9.17, 15) is 8.60 Å². The van der Waals surface area contributed by atoms with Gasteiger partial charge in [-0.25, -0.2) is 4.39 Å². The van der Waals surface area contributed by atoms with Gasteiger partial charge < -0.3 is 5.73 Å². The van der Waals surface area contributed by atoms with E-state index in [1.54, 1.807) is 12.1 Å². The van der Waals surface area contributed by atoms with Gasteiger partial charge in [0.25, 0.3) is 0 Å². The van der Waals surface area contributed by atoms with Crippen LogP contribution in [-0.2, 0) is 10.8 Å². The van der Waals surface area contributed by atoms with Crippen molar-refractivity contribution in [3.05, 3.63) is 30.1 Å². The molecule has 2 atom stereocenters. The van der Waals surface area contributed by atoms with Crippen LogP contribution < -0.4 is 5.73 Å². The fraction of sp³-hybridized carbons (Fsp3) is 0.400. The van der Waals surface area contributed by atoms with E-state index in [-0.39, 0.29) is 11.1 Å². The largest absolute Gasteiger partial charge is 0.330 e. The average molecular weight is 215 g/mol. The van der Waals surface area contributed by atoms with Crippen LogP contribution in [0, 0.1) is 5.82 Å². The second kappa shape index (κ2) is 5.22. The molecule has 1 aromatic rings. The molecule has 0 bridgehead atoms. The normalized spacial score (nSPS) is 15.1. The Hall–Kier alpha value is -0.740. The highest BCUT2D eigenvalue weighted by Gasteiger charge is 2.12. The molecule has 14 heavy (non-hydrogen) atoms. The zero-order valence-electron chi connectivity index (χ0n) is 8.07. The van der Waals surface area contributed by atoms with Crippen LogP contribution in [0.1, 0.15) is 13.3 Å². The molecule has 0 spiro atoms. The molecule has 0 saturated carbocycles. The molecule has 0 aromatic heterocycles. The lowest BCUT2D eigenvalue weighted by Gasteiger charge is -2.09. The SMILES string of the molecule is CC(CCN)S(=O)c1cccc(F)c1. The third-order valence-corrected chi connectivity index (χ3v) is 3.65. The fourth-order valence-electron chi connectivity index (χ4n) is 1.17. The van der Waals surface area contributed by atoms with Crippen LogP contribution in [-0.4, -0.2) is 16.0 Å². The zero-order valence-corrected chi connectivity index (χ0v) is 8.89. The molecule has 0 radical (unpaired) electrons. The number of rotatable bonds is 4. The third-order valence-electron chi connectivity index (χ3n) is 1.97. The summed E-state index contributed by atoms with van der Waals surface area (Å²) >= 11 is 0. The second-order valence-corrected chi connectivity index (χ2v) is 5.01. The van der Waals surface area contributed by atoms with E-state index in [4.69, 9.17) is 5.73 Å². The first-order chi connectivity index (χ1) is 6.65. The summed E-state index contributed by atoms with van der Waals surface area (Å²) in [4.78, 5) is 0.533. The summed E-state index contributed by atoms with van der Waals surface area (Å²) in [5.41, 5.74) is 5.37. The third kappa shape index (κ3) is 2.89. The van der Waals surface area contributed by atoms with E-state index in [1.807, 2.05) is 6.92 Å². The fourth-order valence-corrected chi connectivity index (χ4v) is 2.42. The van der Waals surface area contributed by atoms with E-state index in [1.165, 1.54) is 12.1 Å². The Morgan fingerprint density at radius 3 is 2.86 bits per heavy atom. The summed E-state index contributed by atoms with van der Waals surface area (Å²) in [5.74, 6) is -0.351. The smallest absolute Gasteiger partial charge is 0.124 e. The molecule has 0 aliphatic carbocycles. The monoisotopic (exact) mass is 215 g/mol. The van der Waals surface area contributed by atoms with Crippen molar-refractivity contribution in [3.8, 4) is 0 Å². The first-order valence-corrected chi connectivity index (χ1v) is 5.72. The Labute approximate surface area is 85.8 Å².